The molecule has 0 spiro atoms. The van der Waals surface area contributed by atoms with E-state index in [4.69, 9.17) is 17.3 Å². The van der Waals surface area contributed by atoms with E-state index in [1.165, 1.54) is 37.4 Å². The number of nitrogen functional groups attached to an aromatic ring is 1. The van der Waals surface area contributed by atoms with Gasteiger partial charge in [0.2, 0.25) is 0 Å². The second-order valence-electron chi connectivity index (χ2n) is 4.54. The standard InChI is InChI=1S/C14H14ClFN2O2S/c1-9-12(17)7-10(15)8-14(9)21(19,20)18(2)13-6-4-3-5-11(13)16/h3-8H,17H2,1-2H3. The largest absolute Gasteiger partial charge is 0.398 e. The molecule has 0 atom stereocenters. The van der Waals surface area contributed by atoms with Crippen LogP contribution in [0.15, 0.2) is 41.3 Å². The molecule has 4 nitrogen and oxygen atoms in total. The van der Waals surface area contributed by atoms with Crippen molar-refractivity contribution in [3.8, 4) is 0 Å². The molecule has 0 unspecified atom stereocenters. The van der Waals surface area contributed by atoms with Crippen LogP contribution >= 0.6 is 11.6 Å². The molecule has 0 fully saturated rings. The van der Waals surface area contributed by atoms with Gasteiger partial charge in [-0.15, -0.1) is 0 Å². The molecule has 0 heterocycles. The Hall–Kier alpha value is -1.79. The van der Waals surface area contributed by atoms with Gasteiger partial charge in [0.1, 0.15) is 5.82 Å². The van der Waals surface area contributed by atoms with Crippen molar-refractivity contribution >= 4 is 33.0 Å². The number of nitrogens with zero attached hydrogens (tertiary/aromatic N) is 1. The predicted octanol–water partition coefficient (Wildman–Crippen LogP) is 3.19. The second-order valence-corrected chi connectivity index (χ2v) is 6.92. The first-order valence-electron chi connectivity index (χ1n) is 6.04. The first-order chi connectivity index (χ1) is 9.75. The van der Waals surface area contributed by atoms with Crippen LogP contribution in [-0.4, -0.2) is 15.5 Å². The lowest BCUT2D eigenvalue weighted by molar-refractivity contribution is 0.589. The summed E-state index contributed by atoms with van der Waals surface area (Å²) in [6.45, 7) is 1.58. The Morgan fingerprint density at radius 3 is 2.48 bits per heavy atom. The molecular formula is C14H14ClFN2O2S. The van der Waals surface area contributed by atoms with Gasteiger partial charge in [0, 0.05) is 17.8 Å². The van der Waals surface area contributed by atoms with Gasteiger partial charge in [-0.1, -0.05) is 23.7 Å². The molecule has 2 N–H and O–H groups in total. The van der Waals surface area contributed by atoms with Gasteiger partial charge in [-0.2, -0.15) is 0 Å². The van der Waals surface area contributed by atoms with Crippen LogP contribution in [0.3, 0.4) is 0 Å². The molecule has 7 heteroatoms. The van der Waals surface area contributed by atoms with Gasteiger partial charge in [-0.25, -0.2) is 12.8 Å². The van der Waals surface area contributed by atoms with Crippen molar-refractivity contribution in [2.24, 2.45) is 0 Å². The monoisotopic (exact) mass is 328 g/mol. The van der Waals surface area contributed by atoms with Gasteiger partial charge >= 0.3 is 0 Å². The van der Waals surface area contributed by atoms with Gasteiger partial charge in [0.15, 0.2) is 0 Å². The van der Waals surface area contributed by atoms with Crippen LogP contribution in [0.4, 0.5) is 15.8 Å². The lowest BCUT2D eigenvalue weighted by Gasteiger charge is -2.21. The third kappa shape index (κ3) is 2.82. The first-order valence-corrected chi connectivity index (χ1v) is 7.86. The Kier molecular flexibility index (Phi) is 4.11. The van der Waals surface area contributed by atoms with Crippen LogP contribution in [-0.2, 0) is 10.0 Å². The third-order valence-electron chi connectivity index (χ3n) is 3.20. The van der Waals surface area contributed by atoms with Crippen LogP contribution in [0.2, 0.25) is 5.02 Å². The summed E-state index contributed by atoms with van der Waals surface area (Å²) in [5, 5.41) is 0.207. The van der Waals surface area contributed by atoms with E-state index in [2.05, 4.69) is 0 Å². The number of para-hydroxylation sites is 1. The Bertz CT molecular complexity index is 794. The van der Waals surface area contributed by atoms with E-state index in [0.29, 0.717) is 5.56 Å². The van der Waals surface area contributed by atoms with Crippen LogP contribution in [0.25, 0.3) is 0 Å². The van der Waals surface area contributed by atoms with Crippen molar-refractivity contribution in [3.05, 3.63) is 52.8 Å². The maximum Gasteiger partial charge on any atom is 0.264 e. The Balaban J connectivity index is 2.60. The van der Waals surface area contributed by atoms with E-state index >= 15 is 0 Å². The van der Waals surface area contributed by atoms with Crippen LogP contribution in [0.5, 0.6) is 0 Å². The molecule has 21 heavy (non-hydrogen) atoms. The fraction of sp³-hybridized carbons (Fsp3) is 0.143. The zero-order chi connectivity index (χ0) is 15.8. The average molecular weight is 329 g/mol. The minimum Gasteiger partial charge on any atom is -0.398 e. The highest BCUT2D eigenvalue weighted by Gasteiger charge is 2.26. The smallest absolute Gasteiger partial charge is 0.264 e. The highest BCUT2D eigenvalue weighted by molar-refractivity contribution is 7.92. The van der Waals surface area contributed by atoms with Crippen molar-refractivity contribution in [2.45, 2.75) is 11.8 Å². The zero-order valence-corrected chi connectivity index (χ0v) is 13.0. The van der Waals surface area contributed by atoms with Gasteiger partial charge in [0.25, 0.3) is 10.0 Å². The van der Waals surface area contributed by atoms with Crippen molar-refractivity contribution in [2.75, 3.05) is 17.1 Å². The fourth-order valence-electron chi connectivity index (χ4n) is 1.93. The summed E-state index contributed by atoms with van der Waals surface area (Å²) in [5.41, 5.74) is 6.34. The highest BCUT2D eigenvalue weighted by atomic mass is 35.5. The number of sulfonamides is 1. The highest BCUT2D eigenvalue weighted by Crippen LogP contribution is 2.30. The normalized spacial score (nSPS) is 11.4. The lowest BCUT2D eigenvalue weighted by Crippen LogP contribution is -2.28. The molecule has 0 radical (unpaired) electrons. The zero-order valence-electron chi connectivity index (χ0n) is 11.5. The quantitative estimate of drug-likeness (QED) is 0.880. The third-order valence-corrected chi connectivity index (χ3v) is 5.31. The number of anilines is 2. The molecule has 0 aliphatic rings. The molecular weight excluding hydrogens is 315 g/mol. The molecule has 2 aromatic carbocycles. The summed E-state index contributed by atoms with van der Waals surface area (Å²) in [5.74, 6) is -0.628. The number of benzene rings is 2. The number of hydrogen-bond donors (Lipinski definition) is 1. The van der Waals surface area contributed by atoms with E-state index < -0.39 is 15.8 Å². The molecule has 0 aromatic heterocycles. The number of halogens is 2. The van der Waals surface area contributed by atoms with Gasteiger partial charge in [-0.05, 0) is 36.8 Å². The summed E-state index contributed by atoms with van der Waals surface area (Å²) in [6.07, 6.45) is 0. The molecule has 0 bridgehead atoms. The molecule has 0 saturated heterocycles. The van der Waals surface area contributed by atoms with Crippen molar-refractivity contribution in [1.29, 1.82) is 0 Å². The number of nitrogens with two attached hydrogens (primary N) is 1. The van der Waals surface area contributed by atoms with E-state index in [9.17, 15) is 12.8 Å². The maximum atomic E-state index is 13.8. The number of rotatable bonds is 3. The summed E-state index contributed by atoms with van der Waals surface area (Å²) in [4.78, 5) is -0.0433. The molecule has 2 aromatic rings. The summed E-state index contributed by atoms with van der Waals surface area (Å²) in [7, 11) is -2.68. The fourth-order valence-corrected chi connectivity index (χ4v) is 3.70. The second kappa shape index (κ2) is 5.54. The molecule has 0 aliphatic carbocycles. The maximum absolute atomic E-state index is 13.8. The van der Waals surface area contributed by atoms with Crippen molar-refractivity contribution < 1.29 is 12.8 Å². The first kappa shape index (κ1) is 15.6. The Morgan fingerprint density at radius 2 is 1.86 bits per heavy atom. The van der Waals surface area contributed by atoms with E-state index in [1.54, 1.807) is 13.0 Å². The minimum absolute atomic E-state index is 0.0433. The molecule has 0 amide bonds. The topological polar surface area (TPSA) is 63.4 Å². The van der Waals surface area contributed by atoms with E-state index in [-0.39, 0.29) is 21.3 Å². The average Bonchev–Trinajstić information content (AvgIpc) is 2.42. The molecule has 2 rings (SSSR count). The summed E-state index contributed by atoms with van der Waals surface area (Å²) >= 11 is 5.87. The molecule has 0 saturated carbocycles. The lowest BCUT2D eigenvalue weighted by atomic mass is 10.2. The predicted molar refractivity (Wildman–Crippen MR) is 82.6 cm³/mol. The summed E-state index contributed by atoms with van der Waals surface area (Å²) < 4.78 is 40.0. The SMILES string of the molecule is Cc1c(N)cc(Cl)cc1S(=O)(=O)N(C)c1ccccc1F. The Labute approximate surface area is 128 Å². The molecule has 112 valence electrons. The van der Waals surface area contributed by atoms with Crippen LogP contribution in [0.1, 0.15) is 5.56 Å². The molecule has 0 aliphatic heterocycles. The Morgan fingerprint density at radius 1 is 1.24 bits per heavy atom. The minimum atomic E-state index is -3.96. The number of hydrogen-bond acceptors (Lipinski definition) is 3. The van der Waals surface area contributed by atoms with E-state index in [1.807, 2.05) is 0 Å². The van der Waals surface area contributed by atoms with Gasteiger partial charge in [-0.3, -0.25) is 4.31 Å². The van der Waals surface area contributed by atoms with Crippen molar-refractivity contribution in [3.63, 3.8) is 0 Å². The summed E-state index contributed by atoms with van der Waals surface area (Å²) in [6, 6.07) is 8.40. The van der Waals surface area contributed by atoms with Gasteiger partial charge in [0.05, 0.1) is 10.6 Å². The van der Waals surface area contributed by atoms with Crippen LogP contribution < -0.4 is 10.0 Å². The van der Waals surface area contributed by atoms with Crippen LogP contribution in [0, 0.1) is 12.7 Å². The van der Waals surface area contributed by atoms with Crippen molar-refractivity contribution in [1.82, 2.24) is 0 Å². The van der Waals surface area contributed by atoms with E-state index in [0.717, 1.165) is 4.31 Å². The van der Waals surface area contributed by atoms with Gasteiger partial charge < -0.3 is 5.73 Å².